The summed E-state index contributed by atoms with van der Waals surface area (Å²) in [5.74, 6) is 0. The Labute approximate surface area is 310 Å². The topological polar surface area (TPSA) is 3.24 Å². The number of fused-ring (bicyclic) bond motifs is 13. The summed E-state index contributed by atoms with van der Waals surface area (Å²) in [6.07, 6.45) is 0. The van der Waals surface area contributed by atoms with Gasteiger partial charge in [0.1, 0.15) is 0 Å². The van der Waals surface area contributed by atoms with Gasteiger partial charge in [-0.05, 0) is 125 Å². The molecule has 0 aliphatic heterocycles. The third-order valence-electron chi connectivity index (χ3n) is 12.5. The molecule has 0 saturated carbocycles. The standard InChI is InChI=1S/C52H39N/c1-51(2)45-27-24-32-14-8-10-18-38(32)48(45)44-31-47(40-20-12-13-21-41(40)50(44)51)53(36-16-6-5-7-17-36)37-25-22-34-29-43-42-26-23-33-15-9-11-19-39(33)49(42)52(3,4)46(43)30-35(34)28-37/h5-31H,1-4H3. The van der Waals surface area contributed by atoms with Crippen LogP contribution in [0, 0.1) is 0 Å². The van der Waals surface area contributed by atoms with Crippen LogP contribution in [0.3, 0.4) is 0 Å². The Morgan fingerprint density at radius 3 is 1.75 bits per heavy atom. The van der Waals surface area contributed by atoms with E-state index in [0.29, 0.717) is 0 Å². The van der Waals surface area contributed by atoms with Crippen LogP contribution in [0.5, 0.6) is 0 Å². The van der Waals surface area contributed by atoms with Crippen molar-refractivity contribution in [3.63, 3.8) is 0 Å². The molecule has 2 aliphatic carbocycles. The molecule has 0 unspecified atom stereocenters. The Morgan fingerprint density at radius 2 is 0.962 bits per heavy atom. The van der Waals surface area contributed by atoms with Gasteiger partial charge in [-0.1, -0.05) is 149 Å². The monoisotopic (exact) mass is 677 g/mol. The molecule has 0 aromatic heterocycles. The number of para-hydroxylation sites is 1. The second-order valence-corrected chi connectivity index (χ2v) is 16.1. The highest BCUT2D eigenvalue weighted by atomic mass is 15.1. The largest absolute Gasteiger partial charge is 0.310 e. The van der Waals surface area contributed by atoms with Crippen molar-refractivity contribution in [2.75, 3.05) is 4.90 Å². The van der Waals surface area contributed by atoms with E-state index < -0.39 is 0 Å². The van der Waals surface area contributed by atoms with E-state index in [1.807, 2.05) is 0 Å². The van der Waals surface area contributed by atoms with Gasteiger partial charge in [0.2, 0.25) is 0 Å². The third-order valence-corrected chi connectivity index (χ3v) is 12.5. The molecule has 9 aromatic carbocycles. The number of rotatable bonds is 3. The first-order valence-corrected chi connectivity index (χ1v) is 18.9. The van der Waals surface area contributed by atoms with Crippen molar-refractivity contribution in [1.29, 1.82) is 0 Å². The summed E-state index contributed by atoms with van der Waals surface area (Å²) in [4.78, 5) is 2.48. The van der Waals surface area contributed by atoms with Crippen molar-refractivity contribution >= 4 is 60.2 Å². The molecule has 0 radical (unpaired) electrons. The predicted molar refractivity (Wildman–Crippen MR) is 226 cm³/mol. The molecule has 0 atom stereocenters. The van der Waals surface area contributed by atoms with Crippen molar-refractivity contribution < 1.29 is 0 Å². The lowest BCUT2D eigenvalue weighted by molar-refractivity contribution is 0.666. The van der Waals surface area contributed by atoms with Crippen molar-refractivity contribution in [3.8, 4) is 22.3 Å². The maximum absolute atomic E-state index is 2.49. The molecule has 0 fully saturated rings. The molecular weight excluding hydrogens is 639 g/mol. The lowest BCUT2D eigenvalue weighted by Gasteiger charge is -2.30. The van der Waals surface area contributed by atoms with Gasteiger partial charge in [-0.3, -0.25) is 0 Å². The zero-order valence-electron chi connectivity index (χ0n) is 30.5. The lowest BCUT2D eigenvalue weighted by Crippen LogP contribution is -2.16. The molecular formula is C52H39N. The highest BCUT2D eigenvalue weighted by Crippen LogP contribution is 2.57. The minimum atomic E-state index is -0.135. The van der Waals surface area contributed by atoms with Gasteiger partial charge >= 0.3 is 0 Å². The first-order chi connectivity index (χ1) is 25.8. The van der Waals surface area contributed by atoms with Crippen molar-refractivity contribution in [3.05, 3.63) is 186 Å². The number of anilines is 3. The van der Waals surface area contributed by atoms with Gasteiger partial charge in [0, 0.05) is 27.6 Å². The predicted octanol–water partition coefficient (Wildman–Crippen LogP) is 14.4. The normalized spacial score (nSPS) is 14.7. The second kappa shape index (κ2) is 10.7. The average molecular weight is 678 g/mol. The molecule has 2 aliphatic rings. The number of benzene rings is 9. The summed E-state index contributed by atoms with van der Waals surface area (Å²) in [5.41, 5.74) is 14.3. The number of hydrogen-bond acceptors (Lipinski definition) is 1. The molecule has 11 rings (SSSR count). The van der Waals surface area contributed by atoms with Crippen LogP contribution in [0.15, 0.2) is 164 Å². The molecule has 0 N–H and O–H groups in total. The van der Waals surface area contributed by atoms with Crippen LogP contribution in [0.25, 0.3) is 65.3 Å². The Balaban J connectivity index is 1.16. The zero-order valence-corrected chi connectivity index (χ0v) is 30.5. The van der Waals surface area contributed by atoms with Crippen LogP contribution >= 0.6 is 0 Å². The van der Waals surface area contributed by atoms with Crippen LogP contribution in [-0.4, -0.2) is 0 Å². The van der Waals surface area contributed by atoms with Crippen LogP contribution < -0.4 is 4.90 Å². The molecule has 0 spiro atoms. The summed E-state index contributed by atoms with van der Waals surface area (Å²) < 4.78 is 0. The number of nitrogens with zero attached hydrogens (tertiary/aromatic N) is 1. The fourth-order valence-electron chi connectivity index (χ4n) is 10.1. The van der Waals surface area contributed by atoms with Gasteiger partial charge < -0.3 is 4.90 Å². The molecule has 53 heavy (non-hydrogen) atoms. The summed E-state index contributed by atoms with van der Waals surface area (Å²) >= 11 is 0. The average Bonchev–Trinajstić information content (AvgIpc) is 3.56. The molecule has 0 amide bonds. The molecule has 1 heteroatoms. The van der Waals surface area contributed by atoms with E-state index in [1.165, 1.54) is 93.3 Å². The minimum absolute atomic E-state index is 0.117. The van der Waals surface area contributed by atoms with E-state index in [4.69, 9.17) is 0 Å². The van der Waals surface area contributed by atoms with E-state index in [2.05, 4.69) is 196 Å². The van der Waals surface area contributed by atoms with Crippen LogP contribution in [0.1, 0.15) is 49.9 Å². The smallest absolute Gasteiger partial charge is 0.0546 e. The van der Waals surface area contributed by atoms with Gasteiger partial charge in [0.05, 0.1) is 5.69 Å². The van der Waals surface area contributed by atoms with Gasteiger partial charge in [0.25, 0.3) is 0 Å². The summed E-state index contributed by atoms with van der Waals surface area (Å²) in [7, 11) is 0. The Morgan fingerprint density at radius 1 is 0.358 bits per heavy atom. The van der Waals surface area contributed by atoms with Crippen LogP contribution in [0.2, 0.25) is 0 Å². The van der Waals surface area contributed by atoms with E-state index >= 15 is 0 Å². The van der Waals surface area contributed by atoms with Crippen molar-refractivity contribution in [2.24, 2.45) is 0 Å². The Hall–Kier alpha value is -6.18. The van der Waals surface area contributed by atoms with Crippen molar-refractivity contribution in [2.45, 2.75) is 38.5 Å². The second-order valence-electron chi connectivity index (χ2n) is 16.1. The third kappa shape index (κ3) is 4.14. The summed E-state index contributed by atoms with van der Waals surface area (Å²) in [6, 6.07) is 61.4. The maximum Gasteiger partial charge on any atom is 0.0546 e. The fourth-order valence-corrected chi connectivity index (χ4v) is 10.1. The van der Waals surface area contributed by atoms with E-state index in [0.717, 1.165) is 11.4 Å². The summed E-state index contributed by atoms with van der Waals surface area (Å²) in [6.45, 7) is 9.60. The Kier molecular flexibility index (Phi) is 6.14. The lowest BCUT2D eigenvalue weighted by atomic mass is 9.79. The van der Waals surface area contributed by atoms with E-state index in [-0.39, 0.29) is 10.8 Å². The first-order valence-electron chi connectivity index (χ1n) is 18.9. The maximum atomic E-state index is 2.49. The van der Waals surface area contributed by atoms with Crippen molar-refractivity contribution in [1.82, 2.24) is 0 Å². The van der Waals surface area contributed by atoms with E-state index in [1.54, 1.807) is 0 Å². The molecule has 9 aromatic rings. The summed E-state index contributed by atoms with van der Waals surface area (Å²) in [5, 5.41) is 10.4. The zero-order chi connectivity index (χ0) is 35.6. The first kappa shape index (κ1) is 30.4. The molecule has 0 bridgehead atoms. The van der Waals surface area contributed by atoms with Crippen LogP contribution in [-0.2, 0) is 10.8 Å². The molecule has 252 valence electrons. The van der Waals surface area contributed by atoms with Gasteiger partial charge in [-0.25, -0.2) is 0 Å². The van der Waals surface area contributed by atoms with Gasteiger partial charge in [-0.15, -0.1) is 0 Å². The Bertz CT molecular complexity index is 3000. The number of hydrogen-bond donors (Lipinski definition) is 0. The minimum Gasteiger partial charge on any atom is -0.310 e. The van der Waals surface area contributed by atoms with Gasteiger partial charge in [-0.2, -0.15) is 0 Å². The quantitative estimate of drug-likeness (QED) is 0.180. The molecule has 0 saturated heterocycles. The molecule has 1 nitrogen and oxygen atoms in total. The van der Waals surface area contributed by atoms with Gasteiger partial charge in [0.15, 0.2) is 0 Å². The van der Waals surface area contributed by atoms with E-state index in [9.17, 15) is 0 Å². The SMILES string of the molecule is CC1(C)c2cc3cc(N(c4ccccc4)c4cc5c(c6ccccc46)C(C)(C)c4ccc6ccccc6c4-5)ccc3cc2-c2ccc3ccccc3c21. The highest BCUT2D eigenvalue weighted by molar-refractivity contribution is 6.12. The molecule has 0 heterocycles. The highest BCUT2D eigenvalue weighted by Gasteiger charge is 2.40. The van der Waals surface area contributed by atoms with Crippen LogP contribution in [0.4, 0.5) is 17.1 Å². The fraction of sp³-hybridized carbons (Fsp3) is 0.115.